The van der Waals surface area contributed by atoms with Gasteiger partial charge in [-0.25, -0.2) is 0 Å². The lowest BCUT2D eigenvalue weighted by atomic mass is 10.1. The van der Waals surface area contributed by atoms with Crippen molar-refractivity contribution in [1.82, 2.24) is 0 Å². The summed E-state index contributed by atoms with van der Waals surface area (Å²) in [4.78, 5) is 10.7. The molecule has 1 aliphatic rings. The number of esters is 1. The van der Waals surface area contributed by atoms with Gasteiger partial charge in [-0.2, -0.15) is 0 Å². The topological polar surface area (TPSA) is 35.5 Å². The normalized spacial score (nSPS) is 30.4. The number of hydrogen-bond acceptors (Lipinski definition) is 3. The molecular formula is C8H14O3. The molecular weight excluding hydrogens is 144 g/mol. The molecule has 0 spiro atoms. The Bertz CT molecular complexity index is 147. The highest BCUT2D eigenvalue weighted by atomic mass is 16.7. The van der Waals surface area contributed by atoms with Gasteiger partial charge >= 0.3 is 5.97 Å². The monoisotopic (exact) mass is 158 g/mol. The molecule has 0 N–H and O–H groups in total. The summed E-state index contributed by atoms with van der Waals surface area (Å²) in [6.45, 7) is 4.09. The van der Waals surface area contributed by atoms with Gasteiger partial charge in [-0.15, -0.1) is 0 Å². The maximum Gasteiger partial charge on any atom is 0.305 e. The SMILES string of the molecule is CCC1(OC(C)=O)CCCO1. The molecule has 0 radical (unpaired) electrons. The van der Waals surface area contributed by atoms with Crippen LogP contribution in [0.4, 0.5) is 0 Å². The Morgan fingerprint density at radius 1 is 1.73 bits per heavy atom. The molecule has 1 heterocycles. The third-order valence-electron chi connectivity index (χ3n) is 1.94. The van der Waals surface area contributed by atoms with Crippen molar-refractivity contribution in [2.75, 3.05) is 6.61 Å². The highest BCUT2D eigenvalue weighted by molar-refractivity contribution is 5.66. The Hall–Kier alpha value is -0.570. The minimum atomic E-state index is -0.591. The van der Waals surface area contributed by atoms with E-state index in [-0.39, 0.29) is 5.97 Å². The number of rotatable bonds is 2. The predicted octanol–water partition coefficient (Wildman–Crippen LogP) is 1.47. The molecule has 0 aromatic heterocycles. The van der Waals surface area contributed by atoms with Gasteiger partial charge in [0, 0.05) is 19.8 Å². The van der Waals surface area contributed by atoms with E-state index in [2.05, 4.69) is 0 Å². The zero-order valence-corrected chi connectivity index (χ0v) is 7.05. The molecule has 1 rings (SSSR count). The van der Waals surface area contributed by atoms with E-state index in [4.69, 9.17) is 9.47 Å². The average Bonchev–Trinajstić information content (AvgIpc) is 2.36. The van der Waals surface area contributed by atoms with Crippen LogP contribution in [0.1, 0.15) is 33.1 Å². The molecule has 1 fully saturated rings. The first kappa shape index (κ1) is 8.53. The van der Waals surface area contributed by atoms with Crippen LogP contribution in [0.5, 0.6) is 0 Å². The van der Waals surface area contributed by atoms with Gasteiger partial charge in [0.05, 0.1) is 6.61 Å². The molecule has 0 aromatic carbocycles. The van der Waals surface area contributed by atoms with Gasteiger partial charge in [-0.1, -0.05) is 6.92 Å². The smallest absolute Gasteiger partial charge is 0.305 e. The van der Waals surface area contributed by atoms with E-state index < -0.39 is 5.79 Å². The Kier molecular flexibility index (Phi) is 2.49. The molecule has 0 saturated carbocycles. The lowest BCUT2D eigenvalue weighted by molar-refractivity contribution is -0.212. The first-order valence-electron chi connectivity index (χ1n) is 4.02. The van der Waals surface area contributed by atoms with Gasteiger partial charge in [0.25, 0.3) is 0 Å². The van der Waals surface area contributed by atoms with E-state index in [1.165, 1.54) is 6.92 Å². The molecule has 0 amide bonds. The van der Waals surface area contributed by atoms with Crippen LogP contribution in [0, 0.1) is 0 Å². The summed E-state index contributed by atoms with van der Waals surface area (Å²) in [6, 6.07) is 0. The van der Waals surface area contributed by atoms with Gasteiger partial charge in [-0.3, -0.25) is 4.79 Å². The van der Waals surface area contributed by atoms with Crippen LogP contribution >= 0.6 is 0 Å². The minimum Gasteiger partial charge on any atom is -0.433 e. The number of hydrogen-bond donors (Lipinski definition) is 0. The molecule has 0 aliphatic carbocycles. The van der Waals surface area contributed by atoms with E-state index in [0.717, 1.165) is 19.3 Å². The maximum absolute atomic E-state index is 10.7. The van der Waals surface area contributed by atoms with Crippen LogP contribution < -0.4 is 0 Å². The first-order valence-corrected chi connectivity index (χ1v) is 4.02. The molecule has 0 bridgehead atoms. The fraction of sp³-hybridized carbons (Fsp3) is 0.875. The van der Waals surface area contributed by atoms with Gasteiger partial charge in [0.2, 0.25) is 5.79 Å². The van der Waals surface area contributed by atoms with Crippen molar-refractivity contribution in [1.29, 1.82) is 0 Å². The zero-order valence-electron chi connectivity index (χ0n) is 7.05. The highest BCUT2D eigenvalue weighted by Gasteiger charge is 2.36. The molecule has 1 saturated heterocycles. The number of carbonyl (C=O) groups excluding carboxylic acids is 1. The highest BCUT2D eigenvalue weighted by Crippen LogP contribution is 2.30. The zero-order chi connectivity index (χ0) is 8.32. The van der Waals surface area contributed by atoms with Crippen LogP contribution in [0.2, 0.25) is 0 Å². The van der Waals surface area contributed by atoms with E-state index in [9.17, 15) is 4.79 Å². The second-order valence-electron chi connectivity index (χ2n) is 2.81. The molecule has 1 unspecified atom stereocenters. The molecule has 3 heteroatoms. The fourth-order valence-electron chi connectivity index (χ4n) is 1.37. The number of carbonyl (C=O) groups is 1. The lowest BCUT2D eigenvalue weighted by Gasteiger charge is -2.25. The summed E-state index contributed by atoms with van der Waals surface area (Å²) in [5.74, 6) is -0.847. The Morgan fingerprint density at radius 2 is 2.45 bits per heavy atom. The Labute approximate surface area is 66.7 Å². The summed E-state index contributed by atoms with van der Waals surface area (Å²) in [5, 5.41) is 0. The van der Waals surface area contributed by atoms with Crippen molar-refractivity contribution in [3.63, 3.8) is 0 Å². The van der Waals surface area contributed by atoms with Crippen molar-refractivity contribution in [2.45, 2.75) is 38.9 Å². The predicted molar refractivity (Wildman–Crippen MR) is 40.0 cm³/mol. The van der Waals surface area contributed by atoms with Gasteiger partial charge < -0.3 is 9.47 Å². The number of ether oxygens (including phenoxy) is 2. The molecule has 1 atom stereocenters. The van der Waals surface area contributed by atoms with Crippen LogP contribution in [-0.4, -0.2) is 18.4 Å². The fourth-order valence-corrected chi connectivity index (χ4v) is 1.37. The van der Waals surface area contributed by atoms with E-state index in [1.54, 1.807) is 0 Å². The molecule has 0 aromatic rings. The van der Waals surface area contributed by atoms with Crippen LogP contribution in [0.3, 0.4) is 0 Å². The first-order chi connectivity index (χ1) is 5.18. The summed E-state index contributed by atoms with van der Waals surface area (Å²) in [7, 11) is 0. The quantitative estimate of drug-likeness (QED) is 0.571. The van der Waals surface area contributed by atoms with Crippen LogP contribution in [0.15, 0.2) is 0 Å². The maximum atomic E-state index is 10.7. The lowest BCUT2D eigenvalue weighted by Crippen LogP contribution is -2.32. The molecule has 3 nitrogen and oxygen atoms in total. The molecule has 11 heavy (non-hydrogen) atoms. The van der Waals surface area contributed by atoms with E-state index >= 15 is 0 Å². The Balaban J connectivity index is 2.52. The van der Waals surface area contributed by atoms with Crippen molar-refractivity contribution in [3.05, 3.63) is 0 Å². The summed E-state index contributed by atoms with van der Waals surface area (Å²) in [5.41, 5.74) is 0. The standard InChI is InChI=1S/C8H14O3/c1-3-8(11-7(2)9)5-4-6-10-8/h3-6H2,1-2H3. The van der Waals surface area contributed by atoms with E-state index in [0.29, 0.717) is 6.61 Å². The summed E-state index contributed by atoms with van der Waals surface area (Å²) < 4.78 is 10.4. The van der Waals surface area contributed by atoms with Gasteiger partial charge in [0.1, 0.15) is 0 Å². The summed E-state index contributed by atoms with van der Waals surface area (Å²) in [6.07, 6.45) is 2.57. The third-order valence-corrected chi connectivity index (χ3v) is 1.94. The average molecular weight is 158 g/mol. The Morgan fingerprint density at radius 3 is 2.82 bits per heavy atom. The van der Waals surface area contributed by atoms with Gasteiger partial charge in [0.15, 0.2) is 0 Å². The largest absolute Gasteiger partial charge is 0.433 e. The van der Waals surface area contributed by atoms with Crippen molar-refractivity contribution in [2.24, 2.45) is 0 Å². The third kappa shape index (κ3) is 1.93. The van der Waals surface area contributed by atoms with Gasteiger partial charge in [-0.05, 0) is 6.42 Å². The minimum absolute atomic E-state index is 0.256. The van der Waals surface area contributed by atoms with Crippen LogP contribution in [-0.2, 0) is 14.3 Å². The molecule has 64 valence electrons. The second kappa shape index (κ2) is 3.22. The van der Waals surface area contributed by atoms with Crippen molar-refractivity contribution >= 4 is 5.97 Å². The molecule has 1 aliphatic heterocycles. The van der Waals surface area contributed by atoms with E-state index in [1.807, 2.05) is 6.92 Å². The van der Waals surface area contributed by atoms with Crippen LogP contribution in [0.25, 0.3) is 0 Å². The second-order valence-corrected chi connectivity index (χ2v) is 2.81. The summed E-state index contributed by atoms with van der Waals surface area (Å²) >= 11 is 0. The van der Waals surface area contributed by atoms with Crippen molar-refractivity contribution < 1.29 is 14.3 Å². The van der Waals surface area contributed by atoms with Crippen molar-refractivity contribution in [3.8, 4) is 0 Å².